The van der Waals surface area contributed by atoms with Crippen LogP contribution in [0.1, 0.15) is 27.2 Å². The molecule has 0 radical (unpaired) electrons. The number of ether oxygens (including phenoxy) is 1. The van der Waals surface area contributed by atoms with E-state index in [-0.39, 0.29) is 22.0 Å². The zero-order valence-corrected chi connectivity index (χ0v) is 20.3. The molecule has 178 valence electrons. The van der Waals surface area contributed by atoms with Crippen molar-refractivity contribution in [1.82, 2.24) is 10.3 Å². The molecule has 3 rings (SSSR count). The number of aryl methyl sites for hydroxylation is 1. The number of nitrogens with zero attached hydrogens (tertiary/aromatic N) is 1. The first-order valence-electron chi connectivity index (χ1n) is 10.6. The van der Waals surface area contributed by atoms with Gasteiger partial charge >= 0.3 is 5.97 Å². The molecule has 1 aromatic heterocycles. The smallest absolute Gasteiger partial charge is 0.326 e. The van der Waals surface area contributed by atoms with Crippen molar-refractivity contribution in [1.29, 1.82) is 0 Å². The van der Waals surface area contributed by atoms with Crippen molar-refractivity contribution < 1.29 is 19.4 Å². The Kier molecular flexibility index (Phi) is 8.73. The highest BCUT2D eigenvalue weighted by Crippen LogP contribution is 2.25. The molecule has 0 bridgehead atoms. The number of nitrogens with one attached hydrogen (secondary N) is 2. The van der Waals surface area contributed by atoms with Crippen LogP contribution in [0.2, 0.25) is 10.0 Å². The Labute approximate surface area is 208 Å². The quantitative estimate of drug-likeness (QED) is 0.369. The Hall–Kier alpha value is -3.29. The number of rotatable bonds is 10. The minimum absolute atomic E-state index is 0.0479. The molecule has 1 amide bonds. The number of aromatic nitrogens is 1. The standard InChI is InChI=1S/C25H25Cl2N3O4/c1-15-13-16(9-10-21(15)34-12-11-17-5-3-8-22(28-2)29-17)14-20(25(32)33)30-24(31)23-18(26)6-4-7-19(23)27/h3-10,13,20H,11-12,14H2,1-2H3,(H,28,29)(H,30,31)(H,32,33)/t20-/m0/s1. The molecule has 0 aliphatic carbocycles. The van der Waals surface area contributed by atoms with Crippen LogP contribution in [0, 0.1) is 6.92 Å². The first kappa shape index (κ1) is 25.3. The summed E-state index contributed by atoms with van der Waals surface area (Å²) in [7, 11) is 1.82. The highest BCUT2D eigenvalue weighted by Gasteiger charge is 2.24. The lowest BCUT2D eigenvalue weighted by Crippen LogP contribution is -2.42. The maximum absolute atomic E-state index is 12.6. The number of carbonyl (C=O) groups excluding carboxylic acids is 1. The second kappa shape index (κ2) is 11.7. The molecule has 0 spiro atoms. The van der Waals surface area contributed by atoms with Crippen LogP contribution in [0.25, 0.3) is 0 Å². The van der Waals surface area contributed by atoms with Gasteiger partial charge < -0.3 is 20.5 Å². The number of halogens is 2. The molecule has 9 heteroatoms. The number of anilines is 1. The maximum Gasteiger partial charge on any atom is 0.326 e. The summed E-state index contributed by atoms with van der Waals surface area (Å²) in [5.74, 6) is -0.302. The Balaban J connectivity index is 1.63. The summed E-state index contributed by atoms with van der Waals surface area (Å²) in [5.41, 5.74) is 2.57. The van der Waals surface area contributed by atoms with Gasteiger partial charge in [-0.25, -0.2) is 9.78 Å². The van der Waals surface area contributed by atoms with E-state index >= 15 is 0 Å². The van der Waals surface area contributed by atoms with Gasteiger partial charge in [-0.2, -0.15) is 0 Å². The first-order chi connectivity index (χ1) is 16.3. The van der Waals surface area contributed by atoms with Gasteiger partial charge in [-0.15, -0.1) is 0 Å². The highest BCUT2D eigenvalue weighted by molar-refractivity contribution is 6.39. The minimum Gasteiger partial charge on any atom is -0.493 e. The third-order valence-corrected chi connectivity index (χ3v) is 5.78. The minimum atomic E-state index is -1.16. The molecule has 1 atom stereocenters. The zero-order valence-electron chi connectivity index (χ0n) is 18.8. The number of hydrogen-bond donors (Lipinski definition) is 3. The monoisotopic (exact) mass is 501 g/mol. The number of carbonyl (C=O) groups is 2. The topological polar surface area (TPSA) is 101 Å². The highest BCUT2D eigenvalue weighted by atomic mass is 35.5. The van der Waals surface area contributed by atoms with Crippen LogP contribution >= 0.6 is 23.2 Å². The number of carboxylic acids is 1. The first-order valence-corrected chi connectivity index (χ1v) is 11.4. The lowest BCUT2D eigenvalue weighted by molar-refractivity contribution is -0.139. The normalized spacial score (nSPS) is 11.5. The molecule has 0 saturated heterocycles. The van der Waals surface area contributed by atoms with Gasteiger partial charge in [0, 0.05) is 25.6 Å². The van der Waals surface area contributed by atoms with E-state index in [0.29, 0.717) is 18.8 Å². The van der Waals surface area contributed by atoms with Crippen LogP contribution in [0.15, 0.2) is 54.6 Å². The SMILES string of the molecule is CNc1cccc(CCOc2ccc(C[C@H](NC(=O)c3c(Cl)cccc3Cl)C(=O)O)cc2C)n1. The molecule has 34 heavy (non-hydrogen) atoms. The van der Waals surface area contributed by atoms with Crippen LogP contribution in [-0.4, -0.2) is 41.7 Å². The lowest BCUT2D eigenvalue weighted by atomic mass is 10.0. The summed E-state index contributed by atoms with van der Waals surface area (Å²) in [6.45, 7) is 2.34. The summed E-state index contributed by atoms with van der Waals surface area (Å²) >= 11 is 12.1. The summed E-state index contributed by atoms with van der Waals surface area (Å²) in [6, 6.07) is 14.7. The molecule has 2 aromatic carbocycles. The number of pyridine rings is 1. The van der Waals surface area contributed by atoms with Crippen molar-refractivity contribution in [3.8, 4) is 5.75 Å². The van der Waals surface area contributed by atoms with E-state index in [0.717, 1.165) is 22.6 Å². The Bertz CT molecular complexity index is 1170. The fourth-order valence-electron chi connectivity index (χ4n) is 3.40. The van der Waals surface area contributed by atoms with Crippen LogP contribution in [0.4, 0.5) is 5.82 Å². The van der Waals surface area contributed by atoms with Crippen LogP contribution in [0.3, 0.4) is 0 Å². The molecule has 7 nitrogen and oxygen atoms in total. The predicted octanol–water partition coefficient (Wildman–Crippen LogP) is 4.79. The number of aliphatic carboxylic acids is 1. The van der Waals surface area contributed by atoms with Gasteiger partial charge in [0.05, 0.1) is 22.2 Å². The summed E-state index contributed by atoms with van der Waals surface area (Å²) in [6.07, 6.45) is 0.736. The van der Waals surface area contributed by atoms with Crippen molar-refractivity contribution in [2.75, 3.05) is 19.0 Å². The molecule has 0 saturated carbocycles. The summed E-state index contributed by atoms with van der Waals surface area (Å²) in [5, 5.41) is 15.5. The van der Waals surface area contributed by atoms with E-state index in [1.54, 1.807) is 18.2 Å². The molecule has 3 N–H and O–H groups in total. The van der Waals surface area contributed by atoms with Crippen molar-refractivity contribution in [2.45, 2.75) is 25.8 Å². The van der Waals surface area contributed by atoms with Gasteiger partial charge in [0.1, 0.15) is 17.6 Å². The van der Waals surface area contributed by atoms with Crippen LogP contribution < -0.4 is 15.4 Å². The average Bonchev–Trinajstić information content (AvgIpc) is 2.80. The van der Waals surface area contributed by atoms with Gasteiger partial charge in [-0.3, -0.25) is 4.79 Å². The molecule has 3 aromatic rings. The molecular weight excluding hydrogens is 477 g/mol. The van der Waals surface area contributed by atoms with Gasteiger partial charge in [-0.05, 0) is 48.4 Å². The van der Waals surface area contributed by atoms with Crippen molar-refractivity contribution in [3.63, 3.8) is 0 Å². The fraction of sp³-hybridized carbons (Fsp3) is 0.240. The molecule has 0 aliphatic heterocycles. The second-order valence-electron chi connectivity index (χ2n) is 7.63. The largest absolute Gasteiger partial charge is 0.493 e. The van der Waals surface area contributed by atoms with Gasteiger partial charge in [0.2, 0.25) is 0 Å². The molecule has 1 heterocycles. The fourth-order valence-corrected chi connectivity index (χ4v) is 3.97. The number of hydrogen-bond acceptors (Lipinski definition) is 5. The molecule has 0 fully saturated rings. The molecule has 0 aliphatic rings. The van der Waals surface area contributed by atoms with Crippen molar-refractivity contribution in [3.05, 3.63) is 87.0 Å². The van der Waals surface area contributed by atoms with Gasteiger partial charge in [-0.1, -0.05) is 47.5 Å². The van der Waals surface area contributed by atoms with Gasteiger partial charge in [0.15, 0.2) is 0 Å². The van der Waals surface area contributed by atoms with Crippen molar-refractivity contribution in [2.24, 2.45) is 0 Å². The molecular formula is C25H25Cl2N3O4. The second-order valence-corrected chi connectivity index (χ2v) is 8.44. The average molecular weight is 502 g/mol. The number of benzene rings is 2. The Morgan fingerprint density at radius 1 is 1.09 bits per heavy atom. The Morgan fingerprint density at radius 3 is 2.44 bits per heavy atom. The van der Waals surface area contributed by atoms with Crippen LogP contribution in [-0.2, 0) is 17.6 Å². The van der Waals surface area contributed by atoms with E-state index in [1.807, 2.05) is 38.2 Å². The Morgan fingerprint density at radius 2 is 1.79 bits per heavy atom. The van der Waals surface area contributed by atoms with Crippen molar-refractivity contribution >= 4 is 40.9 Å². The molecule has 0 unspecified atom stereocenters. The lowest BCUT2D eigenvalue weighted by Gasteiger charge is -2.17. The third-order valence-electron chi connectivity index (χ3n) is 5.15. The zero-order chi connectivity index (χ0) is 24.7. The predicted molar refractivity (Wildman–Crippen MR) is 133 cm³/mol. The maximum atomic E-state index is 12.6. The van der Waals surface area contributed by atoms with E-state index in [1.165, 1.54) is 12.1 Å². The summed E-state index contributed by atoms with van der Waals surface area (Å²) < 4.78 is 5.89. The number of carboxylic acid groups (broad SMARTS) is 1. The number of amides is 1. The third kappa shape index (κ3) is 6.62. The summed E-state index contributed by atoms with van der Waals surface area (Å²) in [4.78, 5) is 28.9. The van der Waals surface area contributed by atoms with E-state index in [4.69, 9.17) is 27.9 Å². The van der Waals surface area contributed by atoms with Gasteiger partial charge in [0.25, 0.3) is 5.91 Å². The van der Waals surface area contributed by atoms with E-state index < -0.39 is 17.9 Å². The van der Waals surface area contributed by atoms with Crippen LogP contribution in [0.5, 0.6) is 5.75 Å². The van der Waals surface area contributed by atoms with E-state index in [2.05, 4.69) is 15.6 Å². The van der Waals surface area contributed by atoms with E-state index in [9.17, 15) is 14.7 Å².